The van der Waals surface area contributed by atoms with Crippen molar-refractivity contribution in [2.24, 2.45) is 0 Å². The summed E-state index contributed by atoms with van der Waals surface area (Å²) in [6.07, 6.45) is 1.44. The summed E-state index contributed by atoms with van der Waals surface area (Å²) in [4.78, 5) is 23.9. The molecule has 1 saturated heterocycles. The Morgan fingerprint density at radius 1 is 1.27 bits per heavy atom. The lowest BCUT2D eigenvalue weighted by atomic mass is 10.2. The highest BCUT2D eigenvalue weighted by Crippen LogP contribution is 2.26. The Morgan fingerprint density at radius 3 is 2.77 bits per heavy atom. The molecule has 116 valence electrons. The number of halogens is 1. The number of nitrogens with zero attached hydrogens (tertiary/aromatic N) is 4. The van der Waals surface area contributed by atoms with Crippen LogP contribution >= 0.6 is 0 Å². The molecule has 2 heterocycles. The first-order chi connectivity index (χ1) is 10.7. The average molecular weight is 304 g/mol. The maximum Gasteiger partial charge on any atom is 0.248 e. The minimum atomic E-state index is -0.328. The summed E-state index contributed by atoms with van der Waals surface area (Å²) in [6.45, 7) is 2.45. The molecule has 1 aliphatic heterocycles. The molecular formula is C15H17FN4O2. The van der Waals surface area contributed by atoms with Gasteiger partial charge in [-0.3, -0.25) is 4.79 Å². The van der Waals surface area contributed by atoms with Gasteiger partial charge < -0.3 is 14.5 Å². The molecule has 7 heteroatoms. The molecule has 0 radical (unpaired) electrons. The van der Waals surface area contributed by atoms with Crippen molar-refractivity contribution in [3.8, 4) is 0 Å². The lowest BCUT2D eigenvalue weighted by molar-refractivity contribution is -0.135. The smallest absolute Gasteiger partial charge is 0.248 e. The lowest BCUT2D eigenvalue weighted by Crippen LogP contribution is -2.50. The number of hydrogen-bond acceptors (Lipinski definition) is 5. The van der Waals surface area contributed by atoms with E-state index in [1.54, 1.807) is 17.0 Å². The van der Waals surface area contributed by atoms with Gasteiger partial charge in [-0.1, -0.05) is 6.07 Å². The molecule has 1 fully saturated rings. The fourth-order valence-corrected chi connectivity index (χ4v) is 2.67. The van der Waals surface area contributed by atoms with Crippen LogP contribution in [0.5, 0.6) is 0 Å². The van der Waals surface area contributed by atoms with E-state index in [2.05, 4.69) is 9.97 Å². The number of carbonyl (C=O) groups excluding carboxylic acids is 1. The van der Waals surface area contributed by atoms with Crippen molar-refractivity contribution >= 4 is 22.6 Å². The number of carbonyl (C=O) groups is 1. The Labute approximate surface area is 127 Å². The molecule has 3 rings (SSSR count). The lowest BCUT2D eigenvalue weighted by Gasteiger charge is -2.35. The van der Waals surface area contributed by atoms with Gasteiger partial charge in [0.05, 0.1) is 10.9 Å². The number of piperazine rings is 1. The second-order valence-electron chi connectivity index (χ2n) is 5.13. The van der Waals surface area contributed by atoms with Crippen molar-refractivity contribution in [2.75, 3.05) is 44.8 Å². The monoisotopic (exact) mass is 304 g/mol. The maximum atomic E-state index is 14.1. The molecule has 0 saturated carbocycles. The Hall–Kier alpha value is -2.28. The van der Waals surface area contributed by atoms with E-state index in [0.717, 1.165) is 0 Å². The number of amides is 1. The number of benzene rings is 1. The number of methoxy groups -OCH3 is 1. The van der Waals surface area contributed by atoms with Gasteiger partial charge in [0.25, 0.3) is 0 Å². The van der Waals surface area contributed by atoms with Gasteiger partial charge in [0, 0.05) is 33.3 Å². The minimum absolute atomic E-state index is 0.0270. The summed E-state index contributed by atoms with van der Waals surface area (Å²) >= 11 is 0. The van der Waals surface area contributed by atoms with Crippen molar-refractivity contribution in [3.63, 3.8) is 0 Å². The van der Waals surface area contributed by atoms with Crippen LogP contribution in [-0.4, -0.2) is 60.7 Å². The van der Waals surface area contributed by atoms with E-state index in [4.69, 9.17) is 4.74 Å². The molecule has 2 aromatic rings. The molecule has 1 aromatic carbocycles. The van der Waals surface area contributed by atoms with Crippen LogP contribution in [0.1, 0.15) is 0 Å². The molecule has 0 spiro atoms. The van der Waals surface area contributed by atoms with E-state index in [1.165, 1.54) is 19.5 Å². The van der Waals surface area contributed by atoms with E-state index in [-0.39, 0.29) is 18.3 Å². The van der Waals surface area contributed by atoms with E-state index >= 15 is 0 Å². The maximum absolute atomic E-state index is 14.1. The molecule has 0 unspecified atom stereocenters. The van der Waals surface area contributed by atoms with Gasteiger partial charge in [-0.25, -0.2) is 14.4 Å². The average Bonchev–Trinajstić information content (AvgIpc) is 2.55. The summed E-state index contributed by atoms with van der Waals surface area (Å²) in [5, 5.41) is 0.432. The number of fused-ring (bicyclic) bond motifs is 1. The highest BCUT2D eigenvalue weighted by Gasteiger charge is 2.23. The van der Waals surface area contributed by atoms with Gasteiger partial charge >= 0.3 is 0 Å². The van der Waals surface area contributed by atoms with Crippen molar-refractivity contribution in [3.05, 3.63) is 30.3 Å². The fourth-order valence-electron chi connectivity index (χ4n) is 2.67. The summed E-state index contributed by atoms with van der Waals surface area (Å²) in [5.74, 6) is 0.230. The number of anilines is 1. The van der Waals surface area contributed by atoms with Crippen LogP contribution < -0.4 is 4.90 Å². The predicted molar refractivity (Wildman–Crippen MR) is 80.2 cm³/mol. The zero-order valence-electron chi connectivity index (χ0n) is 12.3. The second kappa shape index (κ2) is 6.23. The van der Waals surface area contributed by atoms with Crippen LogP contribution in [0, 0.1) is 5.82 Å². The zero-order valence-corrected chi connectivity index (χ0v) is 12.3. The first-order valence-corrected chi connectivity index (χ1v) is 7.11. The van der Waals surface area contributed by atoms with E-state index in [0.29, 0.717) is 42.9 Å². The Balaban J connectivity index is 1.81. The van der Waals surface area contributed by atoms with Crippen LogP contribution in [0.25, 0.3) is 10.9 Å². The highest BCUT2D eigenvalue weighted by molar-refractivity contribution is 5.90. The Morgan fingerprint density at radius 2 is 2.05 bits per heavy atom. The Kier molecular flexibility index (Phi) is 4.15. The van der Waals surface area contributed by atoms with Gasteiger partial charge in [0.2, 0.25) is 5.91 Å². The van der Waals surface area contributed by atoms with Crippen LogP contribution in [0.2, 0.25) is 0 Å². The van der Waals surface area contributed by atoms with Crippen molar-refractivity contribution in [1.29, 1.82) is 0 Å². The molecule has 1 aromatic heterocycles. The van der Waals surface area contributed by atoms with Crippen molar-refractivity contribution < 1.29 is 13.9 Å². The third kappa shape index (κ3) is 2.71. The second-order valence-corrected chi connectivity index (χ2v) is 5.13. The largest absolute Gasteiger partial charge is 0.375 e. The number of hydrogen-bond donors (Lipinski definition) is 0. The van der Waals surface area contributed by atoms with Gasteiger partial charge in [-0.2, -0.15) is 0 Å². The van der Waals surface area contributed by atoms with Gasteiger partial charge in [-0.05, 0) is 12.1 Å². The molecule has 1 aliphatic rings. The quantitative estimate of drug-likeness (QED) is 0.849. The van der Waals surface area contributed by atoms with Crippen molar-refractivity contribution in [2.45, 2.75) is 0 Å². The van der Waals surface area contributed by atoms with Gasteiger partial charge in [0.15, 0.2) is 0 Å². The standard InChI is InChI=1S/C15H17FN4O2/c1-22-9-13(21)19-5-7-20(8-6-19)15-14-11(16)3-2-4-12(14)17-10-18-15/h2-4,10H,5-9H2,1H3. The number of ether oxygens (including phenoxy) is 1. The molecule has 6 nitrogen and oxygen atoms in total. The van der Waals surface area contributed by atoms with Crippen LogP contribution in [-0.2, 0) is 9.53 Å². The fraction of sp³-hybridized carbons (Fsp3) is 0.400. The van der Waals surface area contributed by atoms with Gasteiger partial charge in [-0.15, -0.1) is 0 Å². The molecule has 22 heavy (non-hydrogen) atoms. The summed E-state index contributed by atoms with van der Waals surface area (Å²) < 4.78 is 19.0. The van der Waals surface area contributed by atoms with Crippen LogP contribution in [0.4, 0.5) is 10.2 Å². The van der Waals surface area contributed by atoms with Gasteiger partial charge in [0.1, 0.15) is 24.6 Å². The predicted octanol–water partition coefficient (Wildman–Crippen LogP) is 1.06. The van der Waals surface area contributed by atoms with E-state index in [1.807, 2.05) is 4.90 Å². The van der Waals surface area contributed by atoms with E-state index < -0.39 is 0 Å². The van der Waals surface area contributed by atoms with E-state index in [9.17, 15) is 9.18 Å². The number of rotatable bonds is 3. The number of aromatic nitrogens is 2. The summed E-state index contributed by atoms with van der Waals surface area (Å²) in [7, 11) is 1.50. The molecular weight excluding hydrogens is 287 g/mol. The third-order valence-corrected chi connectivity index (χ3v) is 3.79. The highest BCUT2D eigenvalue weighted by atomic mass is 19.1. The molecule has 0 atom stereocenters. The normalized spacial score (nSPS) is 15.4. The third-order valence-electron chi connectivity index (χ3n) is 3.79. The summed E-state index contributed by atoms with van der Waals surface area (Å²) in [6, 6.07) is 4.81. The minimum Gasteiger partial charge on any atom is -0.375 e. The Bertz CT molecular complexity index is 681. The molecule has 0 N–H and O–H groups in total. The van der Waals surface area contributed by atoms with Crippen LogP contribution in [0.15, 0.2) is 24.5 Å². The zero-order chi connectivity index (χ0) is 15.5. The SMILES string of the molecule is COCC(=O)N1CCN(c2ncnc3cccc(F)c23)CC1. The summed E-state index contributed by atoms with van der Waals surface area (Å²) in [5.41, 5.74) is 0.586. The molecule has 0 bridgehead atoms. The topological polar surface area (TPSA) is 58.6 Å². The van der Waals surface area contributed by atoms with Crippen LogP contribution in [0.3, 0.4) is 0 Å². The van der Waals surface area contributed by atoms with Crippen molar-refractivity contribution in [1.82, 2.24) is 14.9 Å². The molecule has 1 amide bonds. The first kappa shape index (κ1) is 14.6. The first-order valence-electron chi connectivity index (χ1n) is 7.11. The molecule has 0 aliphatic carbocycles.